The topological polar surface area (TPSA) is 307 Å². The Hall–Kier alpha value is -1.99. The lowest BCUT2D eigenvalue weighted by atomic mass is 9.96. The minimum absolute atomic E-state index is 0.229. The van der Waals surface area contributed by atoms with Crippen molar-refractivity contribution >= 4 is 5.91 Å². The maximum absolute atomic E-state index is 13.1. The van der Waals surface area contributed by atoms with Gasteiger partial charge in [0.1, 0.15) is 73.2 Å². The van der Waals surface area contributed by atoms with Crippen LogP contribution >= 0.6 is 0 Å². The van der Waals surface area contributed by atoms with Gasteiger partial charge in [-0.3, -0.25) is 4.79 Å². The first-order chi connectivity index (χ1) is 38.3. The molecule has 3 heterocycles. The van der Waals surface area contributed by atoms with Crippen LogP contribution in [0.2, 0.25) is 0 Å². The molecule has 3 saturated heterocycles. The largest absolute Gasteiger partial charge is 0.394 e. The van der Waals surface area contributed by atoms with Gasteiger partial charge in [-0.15, -0.1) is 0 Å². The van der Waals surface area contributed by atoms with Crippen molar-refractivity contribution in [2.24, 2.45) is 0 Å². The minimum atomic E-state index is -1.98. The zero-order valence-electron chi connectivity index (χ0n) is 48.1. The molecule has 19 nitrogen and oxygen atoms in total. The van der Waals surface area contributed by atoms with Gasteiger partial charge in [0.25, 0.3) is 0 Å². The summed E-state index contributed by atoms with van der Waals surface area (Å²) < 4.78 is 34.1. The zero-order chi connectivity index (χ0) is 57.6. The average molecular weight is 1130 g/mol. The zero-order valence-corrected chi connectivity index (χ0v) is 48.1. The predicted molar refractivity (Wildman–Crippen MR) is 300 cm³/mol. The second-order valence-corrected chi connectivity index (χ2v) is 22.2. The molecule has 0 aromatic heterocycles. The number of nitrogens with one attached hydrogen (secondary N) is 1. The Balaban J connectivity index is 1.41. The van der Waals surface area contributed by atoms with Crippen LogP contribution in [0.25, 0.3) is 0 Å². The quantitative estimate of drug-likeness (QED) is 0.0257. The van der Waals surface area contributed by atoms with Crippen molar-refractivity contribution in [2.45, 2.75) is 311 Å². The predicted octanol–water partition coefficient (Wildman–Crippen LogP) is 5.71. The van der Waals surface area contributed by atoms with E-state index in [0.29, 0.717) is 12.8 Å². The normalized spacial score (nSPS) is 30.5. The maximum Gasteiger partial charge on any atom is 0.220 e. The monoisotopic (exact) mass is 1130 g/mol. The summed E-state index contributed by atoms with van der Waals surface area (Å²) in [6, 6.07) is -0.990. The molecule has 3 fully saturated rings. The van der Waals surface area contributed by atoms with Crippen molar-refractivity contribution in [3.8, 4) is 0 Å². The number of rotatable bonds is 45. The summed E-state index contributed by atoms with van der Waals surface area (Å²) in [5, 5.41) is 120. The van der Waals surface area contributed by atoms with Gasteiger partial charge in [-0.05, 0) is 44.9 Å². The number of carbonyl (C=O) groups excluding carboxylic acids is 1. The lowest BCUT2D eigenvalue weighted by Gasteiger charge is -2.48. The highest BCUT2D eigenvalue weighted by atomic mass is 16.8. The van der Waals surface area contributed by atoms with Crippen LogP contribution in [0.5, 0.6) is 0 Å². The molecule has 12 N–H and O–H groups in total. The molecule has 0 saturated carbocycles. The fourth-order valence-electron chi connectivity index (χ4n) is 10.3. The van der Waals surface area contributed by atoms with E-state index < -0.39 is 124 Å². The molecule has 462 valence electrons. The van der Waals surface area contributed by atoms with E-state index in [-0.39, 0.29) is 18.9 Å². The van der Waals surface area contributed by atoms with Crippen LogP contribution in [-0.2, 0) is 33.2 Å². The Labute approximate surface area is 472 Å². The molecule has 17 unspecified atom stereocenters. The van der Waals surface area contributed by atoms with E-state index in [1.165, 1.54) is 116 Å². The first-order valence-corrected chi connectivity index (χ1v) is 30.7. The molecule has 79 heavy (non-hydrogen) atoms. The van der Waals surface area contributed by atoms with Crippen molar-refractivity contribution in [3.63, 3.8) is 0 Å². The molecule has 3 rings (SSSR count). The molecule has 0 aromatic carbocycles. The fourth-order valence-corrected chi connectivity index (χ4v) is 10.3. The van der Waals surface area contributed by atoms with E-state index in [0.717, 1.165) is 57.8 Å². The van der Waals surface area contributed by atoms with Gasteiger partial charge in [-0.1, -0.05) is 192 Å². The van der Waals surface area contributed by atoms with Crippen LogP contribution in [0.1, 0.15) is 206 Å². The molecule has 17 atom stereocenters. The molecule has 3 aliphatic heterocycles. The van der Waals surface area contributed by atoms with E-state index in [2.05, 4.69) is 43.5 Å². The molecular weight excluding hydrogens is 1020 g/mol. The van der Waals surface area contributed by atoms with Gasteiger partial charge in [0.2, 0.25) is 5.91 Å². The Kier molecular flexibility index (Phi) is 39.4. The highest BCUT2D eigenvalue weighted by Gasteiger charge is 2.53. The van der Waals surface area contributed by atoms with E-state index >= 15 is 0 Å². The van der Waals surface area contributed by atoms with E-state index in [1.54, 1.807) is 6.08 Å². The lowest BCUT2D eigenvalue weighted by Crippen LogP contribution is -2.66. The van der Waals surface area contributed by atoms with Gasteiger partial charge in [-0.2, -0.15) is 0 Å². The molecule has 0 spiro atoms. The number of amides is 1. The van der Waals surface area contributed by atoms with Gasteiger partial charge in [0.05, 0.1) is 38.6 Å². The maximum atomic E-state index is 13.1. The Morgan fingerprint density at radius 2 is 0.810 bits per heavy atom. The summed E-state index contributed by atoms with van der Waals surface area (Å²) in [5.41, 5.74) is 0. The minimum Gasteiger partial charge on any atom is -0.394 e. The van der Waals surface area contributed by atoms with Crippen molar-refractivity contribution in [1.29, 1.82) is 0 Å². The molecule has 1 amide bonds. The number of ether oxygens (including phenoxy) is 6. The number of aliphatic hydroxyl groups is 11. The Bertz CT molecular complexity index is 1590. The van der Waals surface area contributed by atoms with Crippen LogP contribution in [-0.4, -0.2) is 193 Å². The molecule has 3 aliphatic rings. The third-order valence-electron chi connectivity index (χ3n) is 15.4. The fraction of sp³-hybridized carbons (Fsp3) is 0.883. The van der Waals surface area contributed by atoms with Crippen LogP contribution < -0.4 is 5.32 Å². The van der Waals surface area contributed by atoms with Crippen LogP contribution in [0.4, 0.5) is 0 Å². The van der Waals surface area contributed by atoms with E-state index in [4.69, 9.17) is 28.4 Å². The molecular formula is C60H109NO18. The van der Waals surface area contributed by atoms with Crippen LogP contribution in [0, 0.1) is 0 Å². The van der Waals surface area contributed by atoms with E-state index in [1.807, 2.05) is 6.08 Å². The van der Waals surface area contributed by atoms with Crippen molar-refractivity contribution < 1.29 is 89.4 Å². The van der Waals surface area contributed by atoms with Crippen LogP contribution in [0.3, 0.4) is 0 Å². The number of unbranched alkanes of at least 4 members (excludes halogenated alkanes) is 25. The van der Waals surface area contributed by atoms with Gasteiger partial charge < -0.3 is 89.9 Å². The lowest BCUT2D eigenvalue weighted by molar-refractivity contribution is -0.379. The summed E-state index contributed by atoms with van der Waals surface area (Å²) in [4.78, 5) is 13.1. The standard InChI is InChI=1S/C60H109NO18/c1-3-5-7-9-11-12-13-14-15-16-17-18-19-20-21-22-23-24-25-26-27-28-29-30-31-32-33-35-37-44(65)43(61-48(66)38-36-34-10-8-6-4-2)42-74-58-54(72)51(69)56(46(40-63)76-58)79-60-55(73)52(70)57(47(41-64)77-60)78-59-53(71)50(68)49(67)45(39-62)75-59/h26-27,30-31,35,37,43-47,49-60,62-65,67-73H,3-25,28-29,32-34,36,38-42H2,1-2H3,(H,61,66)/b27-26+,31-30+,37-35+. The van der Waals surface area contributed by atoms with Crippen molar-refractivity contribution in [3.05, 3.63) is 36.5 Å². The molecule has 19 heteroatoms. The van der Waals surface area contributed by atoms with Gasteiger partial charge in [0, 0.05) is 6.42 Å². The number of carbonyl (C=O) groups is 1. The van der Waals surface area contributed by atoms with Crippen LogP contribution in [0.15, 0.2) is 36.5 Å². The third-order valence-corrected chi connectivity index (χ3v) is 15.4. The SMILES string of the molecule is CCCCCCCCCCCCCCCCCCCC/C=C/CC/C=C/CC/C=C/C(O)C(COC1OC(CO)C(OC2OC(CO)C(OC3OC(CO)C(O)C(O)C3O)C(O)C2O)C(O)C1O)NC(=O)CCCCCCCC. The van der Waals surface area contributed by atoms with Gasteiger partial charge in [-0.25, -0.2) is 0 Å². The second-order valence-electron chi connectivity index (χ2n) is 22.2. The molecule has 0 aliphatic carbocycles. The summed E-state index contributed by atoms with van der Waals surface area (Å²) in [5.74, 6) is -0.300. The molecule has 0 radical (unpaired) electrons. The first-order valence-electron chi connectivity index (χ1n) is 30.7. The van der Waals surface area contributed by atoms with Crippen molar-refractivity contribution in [2.75, 3.05) is 26.4 Å². The summed E-state index contributed by atoms with van der Waals surface area (Å²) in [7, 11) is 0. The highest BCUT2D eigenvalue weighted by molar-refractivity contribution is 5.76. The summed E-state index contributed by atoms with van der Waals surface area (Å²) >= 11 is 0. The average Bonchev–Trinajstić information content (AvgIpc) is 3.55. The first kappa shape index (κ1) is 71.3. The Morgan fingerprint density at radius 1 is 0.443 bits per heavy atom. The number of hydrogen-bond donors (Lipinski definition) is 12. The second kappa shape index (κ2) is 43.6. The number of aliphatic hydroxyl groups excluding tert-OH is 11. The van der Waals surface area contributed by atoms with E-state index in [9.17, 15) is 61.0 Å². The summed E-state index contributed by atoms with van der Waals surface area (Å²) in [6.45, 7) is 1.61. The Morgan fingerprint density at radius 3 is 1.27 bits per heavy atom. The number of hydrogen-bond acceptors (Lipinski definition) is 18. The third kappa shape index (κ3) is 27.5. The number of allylic oxidation sites excluding steroid dienone is 5. The molecule has 0 aromatic rings. The smallest absolute Gasteiger partial charge is 0.220 e. The van der Waals surface area contributed by atoms with Gasteiger partial charge in [0.15, 0.2) is 18.9 Å². The summed E-state index contributed by atoms with van der Waals surface area (Å²) in [6.07, 6.45) is 20.7. The highest BCUT2D eigenvalue weighted by Crippen LogP contribution is 2.33. The molecule has 0 bridgehead atoms. The van der Waals surface area contributed by atoms with Gasteiger partial charge >= 0.3 is 0 Å². The van der Waals surface area contributed by atoms with Crippen molar-refractivity contribution in [1.82, 2.24) is 5.32 Å².